The number of hydrogen-bond acceptors (Lipinski definition) is 17. The molecule has 0 bridgehead atoms. The number of benzene rings is 5. The third-order valence-corrected chi connectivity index (χ3v) is 11.1. The van der Waals surface area contributed by atoms with Crippen LogP contribution in [0.4, 0.5) is 34.6 Å². The fourth-order valence-electron chi connectivity index (χ4n) is 5.91. The number of carbonyl (C=O) groups is 2. The number of phenols is 1. The van der Waals surface area contributed by atoms with Crippen molar-refractivity contribution in [3.8, 4) is 5.75 Å². The molecule has 0 aliphatic carbocycles. The van der Waals surface area contributed by atoms with Crippen LogP contribution in [0, 0.1) is 0 Å². The van der Waals surface area contributed by atoms with Crippen molar-refractivity contribution < 1.29 is 63.8 Å². The van der Waals surface area contributed by atoms with Gasteiger partial charge in [-0.25, -0.2) is 9.59 Å². The van der Waals surface area contributed by atoms with Gasteiger partial charge in [0.2, 0.25) is 11.9 Å². The highest BCUT2D eigenvalue weighted by atomic mass is 32.2. The number of nitrogens with zero attached hydrogens (tertiary/aromatic N) is 5. The SMILES string of the molecule is O=C(O)c1cc(Cc2nc(NCCS(=O)(=O)O)nc(Nc3ccc(S(=O)(=O)O)c(N=Nc4c(S(=O)(=O)O)cc5cccc(NCc6ccccc6)c5c4O)c3)n2)cc(C(=O)O)c1. The van der Waals surface area contributed by atoms with E-state index in [0.717, 1.165) is 35.9 Å². The molecule has 1 heterocycles. The number of carboxylic acid groups (broad SMARTS) is 2. The Morgan fingerprint density at radius 3 is 1.95 bits per heavy atom. The van der Waals surface area contributed by atoms with Gasteiger partial charge in [-0.3, -0.25) is 13.7 Å². The number of anilines is 4. The first kappa shape index (κ1) is 44.4. The Hall–Kier alpha value is -7.16. The molecule has 0 aliphatic rings. The molecular formula is C37H32N8O14S3. The fraction of sp³-hybridized carbons (Fsp3) is 0.108. The summed E-state index contributed by atoms with van der Waals surface area (Å²) >= 11 is 0. The summed E-state index contributed by atoms with van der Waals surface area (Å²) in [4.78, 5) is 34.2. The van der Waals surface area contributed by atoms with Crippen LogP contribution in [0.3, 0.4) is 0 Å². The maximum absolute atomic E-state index is 12.6. The molecule has 0 aliphatic heterocycles. The number of aromatic carboxylic acids is 2. The minimum Gasteiger partial charge on any atom is -0.505 e. The van der Waals surface area contributed by atoms with Crippen molar-refractivity contribution in [2.24, 2.45) is 10.2 Å². The molecule has 22 nitrogen and oxygen atoms in total. The van der Waals surface area contributed by atoms with Crippen LogP contribution in [0.15, 0.2) is 111 Å². The van der Waals surface area contributed by atoms with Crippen molar-refractivity contribution >= 4 is 87.7 Å². The molecule has 322 valence electrons. The molecular weight excluding hydrogens is 877 g/mol. The number of fused-ring (bicyclic) bond motifs is 1. The second kappa shape index (κ2) is 17.8. The van der Waals surface area contributed by atoms with E-state index in [1.807, 2.05) is 30.3 Å². The fourth-order valence-corrected chi connectivity index (χ4v) is 7.53. The largest absolute Gasteiger partial charge is 0.505 e. The average Bonchev–Trinajstić information content (AvgIpc) is 3.18. The van der Waals surface area contributed by atoms with Gasteiger partial charge in [0, 0.05) is 36.3 Å². The number of nitrogens with one attached hydrogen (secondary N) is 3. The van der Waals surface area contributed by atoms with Gasteiger partial charge < -0.3 is 31.3 Å². The van der Waals surface area contributed by atoms with Crippen LogP contribution >= 0.6 is 0 Å². The van der Waals surface area contributed by atoms with Gasteiger partial charge in [-0.1, -0.05) is 42.5 Å². The number of azo groups is 1. The molecule has 0 fully saturated rings. The van der Waals surface area contributed by atoms with Crippen molar-refractivity contribution in [3.63, 3.8) is 0 Å². The Balaban J connectivity index is 1.41. The zero-order valence-corrected chi connectivity index (χ0v) is 33.8. The average molecular weight is 909 g/mol. The summed E-state index contributed by atoms with van der Waals surface area (Å²) in [7, 11) is -14.6. The minimum absolute atomic E-state index is 0.0655. The summed E-state index contributed by atoms with van der Waals surface area (Å²) in [6, 6.07) is 21.1. The Morgan fingerprint density at radius 1 is 0.661 bits per heavy atom. The third kappa shape index (κ3) is 11.2. The van der Waals surface area contributed by atoms with Gasteiger partial charge >= 0.3 is 11.9 Å². The zero-order valence-electron chi connectivity index (χ0n) is 31.4. The molecule has 0 unspecified atom stereocenters. The highest BCUT2D eigenvalue weighted by Crippen LogP contribution is 2.45. The Labute approximate surface area is 351 Å². The monoisotopic (exact) mass is 908 g/mol. The van der Waals surface area contributed by atoms with Crippen LogP contribution in [0.25, 0.3) is 10.8 Å². The molecule has 6 aromatic rings. The van der Waals surface area contributed by atoms with Gasteiger partial charge in [-0.15, -0.1) is 10.2 Å². The van der Waals surface area contributed by atoms with Gasteiger partial charge in [-0.2, -0.15) is 40.2 Å². The molecule has 6 rings (SSSR count). The molecule has 5 aromatic carbocycles. The first-order chi connectivity index (χ1) is 29.1. The zero-order chi connectivity index (χ0) is 45.0. The van der Waals surface area contributed by atoms with E-state index in [0.29, 0.717) is 5.69 Å². The predicted octanol–water partition coefficient (Wildman–Crippen LogP) is 5.28. The highest BCUT2D eigenvalue weighted by Gasteiger charge is 2.25. The van der Waals surface area contributed by atoms with Crippen molar-refractivity contribution in [2.75, 3.05) is 28.2 Å². The molecule has 9 N–H and O–H groups in total. The summed E-state index contributed by atoms with van der Waals surface area (Å²) in [6.45, 7) is -0.132. The first-order valence-electron chi connectivity index (χ1n) is 17.5. The lowest BCUT2D eigenvalue weighted by Gasteiger charge is -2.14. The second-order valence-corrected chi connectivity index (χ2v) is 17.4. The first-order valence-corrected chi connectivity index (χ1v) is 22.0. The Morgan fingerprint density at radius 2 is 1.32 bits per heavy atom. The molecule has 0 radical (unpaired) electrons. The summed E-state index contributed by atoms with van der Waals surface area (Å²) in [6.07, 6.45) is -0.304. The maximum atomic E-state index is 12.6. The Bertz CT molecular complexity index is 3080. The summed E-state index contributed by atoms with van der Waals surface area (Å²) in [5.74, 6) is -5.14. The van der Waals surface area contributed by atoms with E-state index < -0.39 is 81.5 Å². The van der Waals surface area contributed by atoms with Crippen LogP contribution < -0.4 is 16.0 Å². The minimum atomic E-state index is -5.11. The molecule has 0 spiro atoms. The van der Waals surface area contributed by atoms with E-state index in [-0.39, 0.29) is 63.8 Å². The van der Waals surface area contributed by atoms with E-state index in [9.17, 15) is 63.8 Å². The van der Waals surface area contributed by atoms with Gasteiger partial charge in [0.25, 0.3) is 30.4 Å². The van der Waals surface area contributed by atoms with Crippen LogP contribution in [-0.2, 0) is 43.3 Å². The topological polar surface area (TPSA) is 357 Å². The lowest BCUT2D eigenvalue weighted by atomic mass is 10.0. The molecule has 62 heavy (non-hydrogen) atoms. The number of hydrogen-bond donors (Lipinski definition) is 9. The molecule has 0 atom stereocenters. The third-order valence-electron chi connectivity index (χ3n) is 8.61. The normalized spacial score (nSPS) is 12.0. The van der Waals surface area contributed by atoms with E-state index in [1.165, 1.54) is 18.2 Å². The summed E-state index contributed by atoms with van der Waals surface area (Å²) in [5, 5.41) is 46.9. The summed E-state index contributed by atoms with van der Waals surface area (Å²) in [5.41, 5.74) is -0.909. The molecule has 0 saturated heterocycles. The number of aromatic hydroxyl groups is 1. The van der Waals surface area contributed by atoms with Gasteiger partial charge in [0.05, 0.1) is 16.9 Å². The van der Waals surface area contributed by atoms with Gasteiger partial charge in [0.1, 0.15) is 27.0 Å². The van der Waals surface area contributed by atoms with Crippen molar-refractivity contribution in [3.05, 3.63) is 119 Å². The molecule has 0 saturated carbocycles. The van der Waals surface area contributed by atoms with E-state index >= 15 is 0 Å². The van der Waals surface area contributed by atoms with Crippen LogP contribution in [0.2, 0.25) is 0 Å². The standard InChI is InChI=1S/C37H32N8O14S3/c46-33-31-22(7-4-8-26(31)39-19-20-5-2-1-3-6-20)17-29(62(57,58)59)32(33)45-44-27-18-25(9-10-28(27)61(54,55)56)40-37-42-30(41-36(43-37)38-11-12-60(51,52)53)15-21-13-23(34(47)48)16-24(14-21)35(49)50/h1-10,13-14,16-18,39,46H,11-12,15,19H2,(H,47,48)(H,49,50)(H,51,52,53)(H,54,55,56)(H,57,58,59)(H2,38,40,41,42,43). The quantitative estimate of drug-likeness (QED) is 0.0415. The van der Waals surface area contributed by atoms with Crippen molar-refractivity contribution in [2.45, 2.75) is 22.8 Å². The predicted molar refractivity (Wildman–Crippen MR) is 221 cm³/mol. The summed E-state index contributed by atoms with van der Waals surface area (Å²) < 4.78 is 102. The van der Waals surface area contributed by atoms with Crippen molar-refractivity contribution in [1.82, 2.24) is 15.0 Å². The number of phenolic OH excluding ortho intramolecular Hbond substituents is 1. The van der Waals surface area contributed by atoms with Gasteiger partial charge in [0.15, 0.2) is 5.75 Å². The second-order valence-electron chi connectivity index (χ2n) is 13.1. The van der Waals surface area contributed by atoms with Crippen molar-refractivity contribution in [1.29, 1.82) is 0 Å². The molecule has 0 amide bonds. The highest BCUT2D eigenvalue weighted by molar-refractivity contribution is 7.86. The lowest BCUT2D eigenvalue weighted by molar-refractivity contribution is 0.0696. The van der Waals surface area contributed by atoms with Gasteiger partial charge in [-0.05, 0) is 65.0 Å². The number of aromatic nitrogens is 3. The lowest BCUT2D eigenvalue weighted by Crippen LogP contribution is -2.17. The maximum Gasteiger partial charge on any atom is 0.335 e. The van der Waals surface area contributed by atoms with Crippen LogP contribution in [0.5, 0.6) is 5.75 Å². The van der Waals surface area contributed by atoms with E-state index in [2.05, 4.69) is 41.1 Å². The Kier molecular flexibility index (Phi) is 12.8. The molecule has 1 aromatic heterocycles. The smallest absolute Gasteiger partial charge is 0.335 e. The number of carboxylic acids is 2. The number of rotatable bonds is 17. The van der Waals surface area contributed by atoms with Crippen LogP contribution in [0.1, 0.15) is 37.7 Å². The van der Waals surface area contributed by atoms with E-state index in [1.54, 1.807) is 12.1 Å². The molecule has 25 heteroatoms. The van der Waals surface area contributed by atoms with E-state index in [4.69, 9.17) is 0 Å². The van der Waals surface area contributed by atoms with Crippen LogP contribution in [-0.4, -0.2) is 93.4 Å².